The molecule has 0 unspecified atom stereocenters. The van der Waals surface area contributed by atoms with Crippen LogP contribution in [0.3, 0.4) is 0 Å². The van der Waals surface area contributed by atoms with Crippen LogP contribution in [0, 0.1) is 12.7 Å². The molecule has 0 fully saturated rings. The Morgan fingerprint density at radius 2 is 1.75 bits per heavy atom. The van der Waals surface area contributed by atoms with Gasteiger partial charge in [-0.2, -0.15) is 0 Å². The molecule has 0 spiro atoms. The molecule has 3 rings (SSSR count). The summed E-state index contributed by atoms with van der Waals surface area (Å²) < 4.78 is 15.4. The summed E-state index contributed by atoms with van der Waals surface area (Å²) in [7, 11) is 4.09. The maximum absolute atomic E-state index is 13.4. The lowest BCUT2D eigenvalue weighted by molar-refractivity contribution is -0.856. The molecule has 0 saturated heterocycles. The van der Waals surface area contributed by atoms with E-state index in [1.807, 2.05) is 55.9 Å². The SMILES string of the molecule is Cc1c(C(=O)NCC[NH+](C)C)cc(-c2ccc(Cl)cc2)n1-c1ccc(F)cc1. The van der Waals surface area contributed by atoms with Gasteiger partial charge in [0, 0.05) is 16.4 Å². The molecule has 2 aromatic carbocycles. The Morgan fingerprint density at radius 3 is 2.36 bits per heavy atom. The molecule has 28 heavy (non-hydrogen) atoms. The molecule has 4 nitrogen and oxygen atoms in total. The average Bonchev–Trinajstić information content (AvgIpc) is 3.00. The van der Waals surface area contributed by atoms with Crippen LogP contribution in [0.25, 0.3) is 16.9 Å². The van der Waals surface area contributed by atoms with Gasteiger partial charge >= 0.3 is 0 Å². The third-order valence-electron chi connectivity index (χ3n) is 4.63. The highest BCUT2D eigenvalue weighted by Crippen LogP contribution is 2.30. The van der Waals surface area contributed by atoms with E-state index in [0.717, 1.165) is 29.2 Å². The number of nitrogens with zero attached hydrogens (tertiary/aromatic N) is 1. The van der Waals surface area contributed by atoms with Gasteiger partial charge in [0.2, 0.25) is 0 Å². The molecular weight excluding hydrogens is 377 g/mol. The van der Waals surface area contributed by atoms with Crippen LogP contribution >= 0.6 is 11.6 Å². The fourth-order valence-corrected chi connectivity index (χ4v) is 3.24. The third-order valence-corrected chi connectivity index (χ3v) is 4.88. The zero-order valence-electron chi connectivity index (χ0n) is 16.2. The highest BCUT2D eigenvalue weighted by molar-refractivity contribution is 6.30. The van der Waals surface area contributed by atoms with Crippen molar-refractivity contribution in [2.24, 2.45) is 0 Å². The first-order valence-corrected chi connectivity index (χ1v) is 9.56. The van der Waals surface area contributed by atoms with Gasteiger partial charge < -0.3 is 14.8 Å². The Labute approximate surface area is 169 Å². The van der Waals surface area contributed by atoms with Gasteiger partial charge in [0.25, 0.3) is 5.91 Å². The number of nitrogens with one attached hydrogen (secondary N) is 2. The van der Waals surface area contributed by atoms with Crippen molar-refractivity contribution in [2.45, 2.75) is 6.92 Å². The highest BCUT2D eigenvalue weighted by atomic mass is 35.5. The van der Waals surface area contributed by atoms with Crippen molar-refractivity contribution < 1.29 is 14.1 Å². The molecule has 0 bridgehead atoms. The molecule has 0 radical (unpaired) electrons. The van der Waals surface area contributed by atoms with Crippen molar-refractivity contribution in [3.05, 3.63) is 76.7 Å². The summed E-state index contributed by atoms with van der Waals surface area (Å²) >= 11 is 6.03. The van der Waals surface area contributed by atoms with E-state index in [2.05, 4.69) is 5.32 Å². The molecule has 1 amide bonds. The van der Waals surface area contributed by atoms with Crippen LogP contribution in [0.2, 0.25) is 5.02 Å². The Kier molecular flexibility index (Phi) is 6.17. The highest BCUT2D eigenvalue weighted by Gasteiger charge is 2.19. The lowest BCUT2D eigenvalue weighted by atomic mass is 10.1. The maximum atomic E-state index is 13.4. The zero-order chi connectivity index (χ0) is 20.3. The Morgan fingerprint density at radius 1 is 1.11 bits per heavy atom. The van der Waals surface area contributed by atoms with Crippen molar-refractivity contribution >= 4 is 17.5 Å². The monoisotopic (exact) mass is 400 g/mol. The van der Waals surface area contributed by atoms with Crippen LogP contribution in [0.15, 0.2) is 54.6 Å². The lowest BCUT2D eigenvalue weighted by Gasteiger charge is -2.13. The minimum absolute atomic E-state index is 0.116. The largest absolute Gasteiger partial charge is 0.346 e. The quantitative estimate of drug-likeness (QED) is 0.655. The summed E-state index contributed by atoms with van der Waals surface area (Å²) in [5.74, 6) is -0.416. The Bertz CT molecular complexity index is 963. The first-order chi connectivity index (χ1) is 13.4. The van der Waals surface area contributed by atoms with E-state index in [9.17, 15) is 9.18 Å². The summed E-state index contributed by atoms with van der Waals surface area (Å²) in [4.78, 5) is 14.0. The number of amides is 1. The summed E-state index contributed by atoms with van der Waals surface area (Å²) in [5.41, 5.74) is 3.97. The third kappa shape index (κ3) is 4.43. The number of hydrogen-bond acceptors (Lipinski definition) is 1. The fourth-order valence-electron chi connectivity index (χ4n) is 3.11. The lowest BCUT2D eigenvalue weighted by Crippen LogP contribution is -3.06. The molecule has 0 aliphatic heterocycles. The van der Waals surface area contributed by atoms with Crippen LogP contribution in [0.1, 0.15) is 16.1 Å². The Balaban J connectivity index is 2.05. The molecule has 0 atom stereocenters. The van der Waals surface area contributed by atoms with E-state index < -0.39 is 0 Å². The van der Waals surface area contributed by atoms with Crippen LogP contribution < -0.4 is 10.2 Å². The predicted octanol–water partition coefficient (Wildman–Crippen LogP) is 3.12. The van der Waals surface area contributed by atoms with E-state index in [-0.39, 0.29) is 11.7 Å². The number of halogens is 2. The second kappa shape index (κ2) is 8.59. The fraction of sp³-hybridized carbons (Fsp3) is 0.227. The van der Waals surface area contributed by atoms with E-state index in [1.54, 1.807) is 12.1 Å². The van der Waals surface area contributed by atoms with Gasteiger partial charge in [-0.15, -0.1) is 0 Å². The van der Waals surface area contributed by atoms with Crippen molar-refractivity contribution in [3.63, 3.8) is 0 Å². The summed E-state index contributed by atoms with van der Waals surface area (Å²) in [6.07, 6.45) is 0. The molecule has 1 aromatic heterocycles. The van der Waals surface area contributed by atoms with Gasteiger partial charge in [0.15, 0.2) is 0 Å². The normalized spacial score (nSPS) is 11.1. The summed E-state index contributed by atoms with van der Waals surface area (Å²) in [6.45, 7) is 3.33. The van der Waals surface area contributed by atoms with Crippen molar-refractivity contribution in [2.75, 3.05) is 27.2 Å². The average molecular weight is 401 g/mol. The topological polar surface area (TPSA) is 38.5 Å². The smallest absolute Gasteiger partial charge is 0.253 e. The van der Waals surface area contributed by atoms with Crippen molar-refractivity contribution in [3.8, 4) is 16.9 Å². The second-order valence-electron chi connectivity index (χ2n) is 7.06. The van der Waals surface area contributed by atoms with E-state index in [0.29, 0.717) is 17.1 Å². The molecule has 0 aliphatic rings. The number of aromatic nitrogens is 1. The minimum Gasteiger partial charge on any atom is -0.346 e. The standard InChI is InChI=1S/C22H23ClFN3O/c1-15-20(22(28)25-12-13-26(2)3)14-21(16-4-6-17(23)7-5-16)27(15)19-10-8-18(24)9-11-19/h4-11,14H,12-13H2,1-3H3,(H,25,28)/p+1. The molecule has 2 N–H and O–H groups in total. The van der Waals surface area contributed by atoms with E-state index >= 15 is 0 Å². The van der Waals surface area contributed by atoms with E-state index in [4.69, 9.17) is 11.6 Å². The molecule has 3 aromatic rings. The minimum atomic E-state index is -0.300. The number of quaternary nitrogens is 1. The molecular formula is C22H24ClFN3O+. The summed E-state index contributed by atoms with van der Waals surface area (Å²) in [6, 6.07) is 15.6. The van der Waals surface area contributed by atoms with Crippen molar-refractivity contribution in [1.29, 1.82) is 0 Å². The van der Waals surface area contributed by atoms with Crippen molar-refractivity contribution in [1.82, 2.24) is 9.88 Å². The maximum Gasteiger partial charge on any atom is 0.253 e. The van der Waals surface area contributed by atoms with Crippen LogP contribution in [-0.2, 0) is 0 Å². The van der Waals surface area contributed by atoms with Gasteiger partial charge in [0.05, 0.1) is 38.4 Å². The van der Waals surface area contributed by atoms with E-state index in [1.165, 1.54) is 17.0 Å². The van der Waals surface area contributed by atoms with Gasteiger partial charge in [-0.25, -0.2) is 4.39 Å². The number of likely N-dealkylation sites (N-methyl/N-ethyl adjacent to an activating group) is 1. The second-order valence-corrected chi connectivity index (χ2v) is 7.50. The number of carbonyl (C=O) groups excluding carboxylic acids is 1. The van der Waals surface area contributed by atoms with Crippen LogP contribution in [0.4, 0.5) is 4.39 Å². The van der Waals surface area contributed by atoms with Gasteiger partial charge in [0.1, 0.15) is 5.82 Å². The number of hydrogen-bond donors (Lipinski definition) is 2. The number of benzene rings is 2. The first kappa shape index (κ1) is 20.1. The molecule has 6 heteroatoms. The van der Waals surface area contributed by atoms with Gasteiger partial charge in [-0.05, 0) is 55.0 Å². The van der Waals surface area contributed by atoms with Gasteiger partial charge in [-0.3, -0.25) is 4.79 Å². The summed E-state index contributed by atoms with van der Waals surface area (Å²) in [5, 5.41) is 3.62. The first-order valence-electron chi connectivity index (χ1n) is 9.18. The number of rotatable bonds is 6. The molecule has 0 saturated carbocycles. The van der Waals surface area contributed by atoms with Crippen LogP contribution in [0.5, 0.6) is 0 Å². The van der Waals surface area contributed by atoms with Gasteiger partial charge in [-0.1, -0.05) is 23.7 Å². The predicted molar refractivity (Wildman–Crippen MR) is 111 cm³/mol. The molecule has 146 valence electrons. The van der Waals surface area contributed by atoms with Crippen LogP contribution in [-0.4, -0.2) is 37.7 Å². The Hall–Kier alpha value is -2.63. The zero-order valence-corrected chi connectivity index (χ0v) is 17.0. The molecule has 1 heterocycles. The number of carbonyl (C=O) groups is 1. The molecule has 0 aliphatic carbocycles.